The zero-order valence-corrected chi connectivity index (χ0v) is 18.5. The summed E-state index contributed by atoms with van der Waals surface area (Å²) in [6.45, 7) is 6.65. The molecule has 1 aromatic carbocycles. The third-order valence-corrected chi connectivity index (χ3v) is 6.43. The average molecular weight is 413 g/mol. The first kappa shape index (κ1) is 21.2. The number of aromatic nitrogens is 1. The number of fused-ring (bicyclic) bond motifs is 1. The molecule has 2 saturated heterocycles. The Labute approximate surface area is 180 Å². The van der Waals surface area contributed by atoms with Gasteiger partial charge < -0.3 is 24.7 Å². The van der Waals surface area contributed by atoms with Gasteiger partial charge in [-0.3, -0.25) is 4.99 Å². The predicted molar refractivity (Wildman–Crippen MR) is 122 cm³/mol. The molecule has 0 saturated carbocycles. The van der Waals surface area contributed by atoms with Crippen molar-refractivity contribution in [2.75, 3.05) is 39.9 Å². The maximum absolute atomic E-state index is 6.15. The minimum Gasteiger partial charge on any atom is -0.376 e. The number of likely N-dealkylation sites (tertiary alicyclic amines) is 1. The molecule has 6 heteroatoms. The van der Waals surface area contributed by atoms with E-state index in [1.54, 1.807) is 0 Å². The van der Waals surface area contributed by atoms with Gasteiger partial charge in [0.05, 0.1) is 18.8 Å². The number of aryl methyl sites for hydroxylation is 1. The summed E-state index contributed by atoms with van der Waals surface area (Å²) in [6.07, 6.45) is 9.48. The van der Waals surface area contributed by atoms with E-state index in [0.29, 0.717) is 12.2 Å². The molecule has 0 amide bonds. The molecule has 6 nitrogen and oxygen atoms in total. The summed E-state index contributed by atoms with van der Waals surface area (Å²) in [7, 11) is 1.88. The molecule has 2 fully saturated rings. The van der Waals surface area contributed by atoms with Crippen molar-refractivity contribution in [2.24, 2.45) is 4.99 Å². The minimum absolute atomic E-state index is 0.305. The lowest BCUT2D eigenvalue weighted by Gasteiger charge is -2.35. The van der Waals surface area contributed by atoms with Crippen molar-refractivity contribution in [3.05, 3.63) is 35.5 Å². The summed E-state index contributed by atoms with van der Waals surface area (Å²) in [5.74, 6) is 1.00. The van der Waals surface area contributed by atoms with E-state index in [2.05, 4.69) is 51.5 Å². The number of guanidine groups is 1. The smallest absolute Gasteiger partial charge is 0.193 e. The molecule has 30 heavy (non-hydrogen) atoms. The van der Waals surface area contributed by atoms with Crippen molar-refractivity contribution in [3.63, 3.8) is 0 Å². The van der Waals surface area contributed by atoms with Crippen molar-refractivity contribution in [3.8, 4) is 0 Å². The number of ether oxygens (including phenoxy) is 2. The second-order valence-corrected chi connectivity index (χ2v) is 8.54. The fraction of sp³-hybridized carbons (Fsp3) is 0.625. The summed E-state index contributed by atoms with van der Waals surface area (Å²) in [5, 5.41) is 4.88. The number of hydrogen-bond acceptors (Lipinski definition) is 3. The summed E-state index contributed by atoms with van der Waals surface area (Å²) >= 11 is 0. The molecule has 2 aliphatic heterocycles. The lowest BCUT2D eigenvalue weighted by atomic mass is 10.1. The molecule has 4 rings (SSSR count). The van der Waals surface area contributed by atoms with Crippen LogP contribution in [-0.4, -0.2) is 67.9 Å². The van der Waals surface area contributed by atoms with E-state index in [9.17, 15) is 0 Å². The zero-order chi connectivity index (χ0) is 20.8. The van der Waals surface area contributed by atoms with E-state index in [0.717, 1.165) is 64.5 Å². The van der Waals surface area contributed by atoms with Crippen molar-refractivity contribution < 1.29 is 9.47 Å². The summed E-state index contributed by atoms with van der Waals surface area (Å²) < 4.78 is 11.9. The molecule has 0 bridgehead atoms. The zero-order valence-electron chi connectivity index (χ0n) is 18.5. The topological polar surface area (TPSA) is 61.9 Å². The predicted octanol–water partition coefficient (Wildman–Crippen LogP) is 3.64. The first-order chi connectivity index (χ1) is 14.7. The third-order valence-electron chi connectivity index (χ3n) is 6.43. The molecule has 164 valence electrons. The van der Waals surface area contributed by atoms with Crippen LogP contribution in [0.1, 0.15) is 43.2 Å². The van der Waals surface area contributed by atoms with E-state index in [4.69, 9.17) is 9.47 Å². The minimum atomic E-state index is 0.305. The summed E-state index contributed by atoms with van der Waals surface area (Å²) in [5.41, 5.74) is 3.90. The van der Waals surface area contributed by atoms with E-state index in [1.807, 2.05) is 7.05 Å². The molecular formula is C24H36N4O2. The molecule has 0 spiro atoms. The molecule has 1 aromatic heterocycles. The van der Waals surface area contributed by atoms with E-state index < -0.39 is 0 Å². The van der Waals surface area contributed by atoms with Crippen LogP contribution in [0.15, 0.2) is 29.4 Å². The van der Waals surface area contributed by atoms with Crippen LogP contribution in [0.2, 0.25) is 0 Å². The van der Waals surface area contributed by atoms with E-state index in [1.165, 1.54) is 34.9 Å². The Kier molecular flexibility index (Phi) is 7.28. The Morgan fingerprint density at radius 1 is 1.27 bits per heavy atom. The Morgan fingerprint density at radius 3 is 2.90 bits per heavy atom. The number of nitrogens with one attached hydrogen (secondary N) is 2. The van der Waals surface area contributed by atoms with Gasteiger partial charge in [0.1, 0.15) is 0 Å². The SMILES string of the molecule is CN=C(NCCc1c[nH]c2c(C)cccc12)N1CCC(OCC2CCCCO2)CC1. The second-order valence-electron chi connectivity index (χ2n) is 8.54. The fourth-order valence-corrected chi connectivity index (χ4v) is 4.63. The van der Waals surface area contributed by atoms with Gasteiger partial charge in [0, 0.05) is 50.4 Å². The van der Waals surface area contributed by atoms with Crippen LogP contribution in [0.25, 0.3) is 10.9 Å². The number of para-hydroxylation sites is 1. The molecule has 2 aliphatic rings. The average Bonchev–Trinajstić information content (AvgIpc) is 3.21. The molecular weight excluding hydrogens is 376 g/mol. The number of benzene rings is 1. The van der Waals surface area contributed by atoms with E-state index in [-0.39, 0.29) is 0 Å². The number of rotatable bonds is 6. The quantitative estimate of drug-likeness (QED) is 0.562. The first-order valence-corrected chi connectivity index (χ1v) is 11.5. The number of nitrogens with zero attached hydrogens (tertiary/aromatic N) is 2. The highest BCUT2D eigenvalue weighted by atomic mass is 16.5. The van der Waals surface area contributed by atoms with Crippen molar-refractivity contribution in [1.82, 2.24) is 15.2 Å². The number of hydrogen-bond donors (Lipinski definition) is 2. The van der Waals surface area contributed by atoms with Crippen LogP contribution in [0, 0.1) is 6.92 Å². The Morgan fingerprint density at radius 2 is 2.13 bits per heavy atom. The van der Waals surface area contributed by atoms with Crippen molar-refractivity contribution >= 4 is 16.9 Å². The van der Waals surface area contributed by atoms with Gasteiger partial charge in [-0.2, -0.15) is 0 Å². The van der Waals surface area contributed by atoms with Crippen LogP contribution < -0.4 is 5.32 Å². The lowest BCUT2D eigenvalue weighted by Crippen LogP contribution is -2.47. The van der Waals surface area contributed by atoms with Gasteiger partial charge in [-0.25, -0.2) is 0 Å². The Bertz CT molecular complexity index is 833. The monoisotopic (exact) mass is 412 g/mol. The number of H-pyrrole nitrogens is 1. The highest BCUT2D eigenvalue weighted by Crippen LogP contribution is 2.21. The standard InChI is InChI=1S/C24H36N4O2/c1-18-6-5-8-22-19(16-27-23(18)22)9-12-26-24(25-2)28-13-10-20(11-14-28)30-17-21-7-3-4-15-29-21/h5-6,8,16,20-21,27H,3-4,7,9-15,17H2,1-2H3,(H,25,26). The van der Waals surface area contributed by atoms with Crippen LogP contribution in [0.3, 0.4) is 0 Å². The molecule has 1 atom stereocenters. The van der Waals surface area contributed by atoms with Crippen LogP contribution >= 0.6 is 0 Å². The first-order valence-electron chi connectivity index (χ1n) is 11.5. The molecule has 1 unspecified atom stereocenters. The number of aliphatic imine (C=N–C) groups is 1. The Balaban J connectivity index is 1.20. The molecule has 2 N–H and O–H groups in total. The van der Waals surface area contributed by atoms with Gasteiger partial charge in [-0.05, 0) is 56.6 Å². The molecule has 0 aliphatic carbocycles. The molecule has 0 radical (unpaired) electrons. The van der Waals surface area contributed by atoms with Gasteiger partial charge in [-0.15, -0.1) is 0 Å². The van der Waals surface area contributed by atoms with Crippen molar-refractivity contribution in [1.29, 1.82) is 0 Å². The largest absolute Gasteiger partial charge is 0.376 e. The van der Waals surface area contributed by atoms with Gasteiger partial charge in [0.2, 0.25) is 0 Å². The fourth-order valence-electron chi connectivity index (χ4n) is 4.63. The third kappa shape index (κ3) is 5.16. The highest BCUT2D eigenvalue weighted by Gasteiger charge is 2.23. The van der Waals surface area contributed by atoms with E-state index >= 15 is 0 Å². The van der Waals surface area contributed by atoms with Gasteiger partial charge in [0.15, 0.2) is 5.96 Å². The molecule has 3 heterocycles. The van der Waals surface area contributed by atoms with Crippen LogP contribution in [-0.2, 0) is 15.9 Å². The second kappa shape index (κ2) is 10.3. The lowest BCUT2D eigenvalue weighted by molar-refractivity contribution is -0.0721. The normalized spacial score (nSPS) is 21.3. The number of piperidine rings is 1. The number of aromatic amines is 1. The van der Waals surface area contributed by atoms with Crippen molar-refractivity contribution in [2.45, 2.75) is 57.7 Å². The Hall–Kier alpha value is -2.05. The van der Waals surface area contributed by atoms with Crippen LogP contribution in [0.5, 0.6) is 0 Å². The summed E-state index contributed by atoms with van der Waals surface area (Å²) in [6, 6.07) is 6.48. The van der Waals surface area contributed by atoms with Gasteiger partial charge >= 0.3 is 0 Å². The maximum atomic E-state index is 6.15. The highest BCUT2D eigenvalue weighted by molar-refractivity contribution is 5.86. The van der Waals surface area contributed by atoms with Crippen LogP contribution in [0.4, 0.5) is 0 Å². The summed E-state index contributed by atoms with van der Waals surface area (Å²) in [4.78, 5) is 10.3. The van der Waals surface area contributed by atoms with Gasteiger partial charge in [0.25, 0.3) is 0 Å². The molecule has 2 aromatic rings. The van der Waals surface area contributed by atoms with Gasteiger partial charge in [-0.1, -0.05) is 18.2 Å². The maximum Gasteiger partial charge on any atom is 0.193 e.